The van der Waals surface area contributed by atoms with Crippen molar-refractivity contribution >= 4 is 17.3 Å². The Morgan fingerprint density at radius 3 is 2.50 bits per heavy atom. The van der Waals surface area contributed by atoms with Crippen LogP contribution in [0.15, 0.2) is 36.4 Å². The molecule has 0 fully saturated rings. The van der Waals surface area contributed by atoms with E-state index < -0.39 is 11.6 Å². The second-order valence-electron chi connectivity index (χ2n) is 4.45. The van der Waals surface area contributed by atoms with Crippen LogP contribution in [-0.2, 0) is 0 Å². The molecule has 0 saturated carbocycles. The van der Waals surface area contributed by atoms with Crippen molar-refractivity contribution in [2.24, 2.45) is 0 Å². The molecule has 1 heterocycles. The average molecular weight is 277 g/mol. The lowest BCUT2D eigenvalue weighted by molar-refractivity contribution is 0.576. The van der Waals surface area contributed by atoms with E-state index >= 15 is 0 Å². The van der Waals surface area contributed by atoms with Crippen LogP contribution in [0.1, 0.15) is 13.3 Å². The van der Waals surface area contributed by atoms with Crippen LogP contribution in [0.5, 0.6) is 0 Å². The first-order valence-corrected chi connectivity index (χ1v) is 6.52. The first-order chi connectivity index (χ1) is 9.63. The fourth-order valence-corrected chi connectivity index (χ4v) is 1.83. The van der Waals surface area contributed by atoms with Crippen LogP contribution in [0.25, 0.3) is 0 Å². The van der Waals surface area contributed by atoms with E-state index in [1.807, 2.05) is 37.3 Å². The number of para-hydroxylation sites is 1. The van der Waals surface area contributed by atoms with Crippen LogP contribution >= 0.6 is 0 Å². The molecule has 0 aliphatic rings. The molecular formula is C15H17F2N3. The summed E-state index contributed by atoms with van der Waals surface area (Å²) in [6.45, 7) is 2.55. The van der Waals surface area contributed by atoms with Gasteiger partial charge in [-0.2, -0.15) is 0 Å². The minimum absolute atomic E-state index is 0.0750. The molecule has 3 nitrogen and oxygen atoms in total. The highest BCUT2D eigenvalue weighted by atomic mass is 19.1. The molecule has 1 N–H and O–H groups in total. The molecule has 0 aliphatic carbocycles. The fourth-order valence-electron chi connectivity index (χ4n) is 1.83. The summed E-state index contributed by atoms with van der Waals surface area (Å²) in [7, 11) is 1.70. The third-order valence-corrected chi connectivity index (χ3v) is 2.91. The smallest absolute Gasteiger partial charge is 0.171 e. The van der Waals surface area contributed by atoms with Crippen molar-refractivity contribution in [1.29, 1.82) is 0 Å². The number of anilines is 3. The summed E-state index contributed by atoms with van der Waals surface area (Å²) < 4.78 is 27.6. The zero-order chi connectivity index (χ0) is 14.5. The number of benzene rings is 1. The highest BCUT2D eigenvalue weighted by Crippen LogP contribution is 2.27. The summed E-state index contributed by atoms with van der Waals surface area (Å²) in [5, 5.41) is 2.86. The summed E-state index contributed by atoms with van der Waals surface area (Å²) in [5.41, 5.74) is 0.784. The highest BCUT2D eigenvalue weighted by Gasteiger charge is 2.15. The van der Waals surface area contributed by atoms with Crippen molar-refractivity contribution < 1.29 is 8.78 Å². The summed E-state index contributed by atoms with van der Waals surface area (Å²) in [6.07, 6.45) is 0.836. The quantitative estimate of drug-likeness (QED) is 0.897. The molecule has 0 unspecified atom stereocenters. The molecule has 20 heavy (non-hydrogen) atoms. The number of pyridine rings is 1. The Kier molecular flexibility index (Phi) is 4.50. The van der Waals surface area contributed by atoms with Crippen LogP contribution < -0.4 is 10.2 Å². The van der Waals surface area contributed by atoms with Crippen molar-refractivity contribution in [3.05, 3.63) is 48.0 Å². The van der Waals surface area contributed by atoms with Gasteiger partial charge in [-0.15, -0.1) is 0 Å². The maximum Gasteiger partial charge on any atom is 0.171 e. The molecule has 0 aliphatic heterocycles. The Morgan fingerprint density at radius 1 is 1.15 bits per heavy atom. The number of halogens is 2. The van der Waals surface area contributed by atoms with E-state index in [0.717, 1.165) is 18.2 Å². The van der Waals surface area contributed by atoms with Gasteiger partial charge in [-0.1, -0.05) is 25.1 Å². The molecule has 1 aromatic heterocycles. The lowest BCUT2D eigenvalue weighted by atomic mass is 10.3. The van der Waals surface area contributed by atoms with Gasteiger partial charge in [0.05, 0.1) is 0 Å². The number of nitrogens with zero attached hydrogens (tertiary/aromatic N) is 2. The highest BCUT2D eigenvalue weighted by molar-refractivity contribution is 5.61. The summed E-state index contributed by atoms with van der Waals surface area (Å²) in [4.78, 5) is 5.64. The standard InChI is InChI=1S/C15H17F2N3/c1-3-9-18-14-12(16)10-13(17)15(19-14)20(2)11-7-5-4-6-8-11/h4-8,10H,3,9H2,1-2H3,(H,18,19). The predicted octanol–water partition coefficient (Wildman–Crippen LogP) is 3.95. The average Bonchev–Trinajstić information content (AvgIpc) is 2.47. The van der Waals surface area contributed by atoms with E-state index in [4.69, 9.17) is 0 Å². The first-order valence-electron chi connectivity index (χ1n) is 6.52. The molecule has 1 aromatic carbocycles. The van der Waals surface area contributed by atoms with Gasteiger partial charge < -0.3 is 10.2 Å². The van der Waals surface area contributed by atoms with Crippen LogP contribution in [0, 0.1) is 11.6 Å². The Hall–Kier alpha value is -2.17. The first kappa shape index (κ1) is 14.2. The second-order valence-corrected chi connectivity index (χ2v) is 4.45. The lowest BCUT2D eigenvalue weighted by Gasteiger charge is -2.20. The molecule has 0 spiro atoms. The Labute approximate surface area is 117 Å². The zero-order valence-corrected chi connectivity index (χ0v) is 11.5. The van der Waals surface area contributed by atoms with E-state index in [0.29, 0.717) is 6.54 Å². The van der Waals surface area contributed by atoms with Crippen molar-refractivity contribution in [3.63, 3.8) is 0 Å². The normalized spacial score (nSPS) is 10.4. The van der Waals surface area contributed by atoms with Crippen molar-refractivity contribution in [1.82, 2.24) is 4.98 Å². The lowest BCUT2D eigenvalue weighted by Crippen LogP contribution is -2.15. The van der Waals surface area contributed by atoms with Gasteiger partial charge in [-0.3, -0.25) is 0 Å². The molecule has 106 valence electrons. The number of aromatic nitrogens is 1. The van der Waals surface area contributed by atoms with Gasteiger partial charge in [-0.25, -0.2) is 13.8 Å². The van der Waals surface area contributed by atoms with Crippen LogP contribution in [0.4, 0.5) is 26.1 Å². The zero-order valence-electron chi connectivity index (χ0n) is 11.5. The van der Waals surface area contributed by atoms with Gasteiger partial charge in [0.2, 0.25) is 0 Å². The minimum Gasteiger partial charge on any atom is -0.368 e. The second kappa shape index (κ2) is 6.32. The van der Waals surface area contributed by atoms with Gasteiger partial charge in [0.1, 0.15) is 0 Å². The molecule has 0 bridgehead atoms. The Morgan fingerprint density at radius 2 is 1.85 bits per heavy atom. The number of rotatable bonds is 5. The van der Waals surface area contributed by atoms with Gasteiger partial charge in [0.25, 0.3) is 0 Å². The number of nitrogens with one attached hydrogen (secondary N) is 1. The largest absolute Gasteiger partial charge is 0.368 e. The third kappa shape index (κ3) is 3.04. The van der Waals surface area contributed by atoms with Crippen molar-refractivity contribution in [2.45, 2.75) is 13.3 Å². The third-order valence-electron chi connectivity index (χ3n) is 2.91. The van der Waals surface area contributed by atoms with Gasteiger partial charge in [-0.05, 0) is 18.6 Å². The Bertz CT molecular complexity index is 573. The predicted molar refractivity (Wildman–Crippen MR) is 77.4 cm³/mol. The van der Waals surface area contributed by atoms with Crippen LogP contribution in [0.2, 0.25) is 0 Å². The monoisotopic (exact) mass is 277 g/mol. The van der Waals surface area contributed by atoms with E-state index in [-0.39, 0.29) is 11.6 Å². The van der Waals surface area contributed by atoms with E-state index in [1.165, 1.54) is 0 Å². The number of hydrogen-bond acceptors (Lipinski definition) is 3. The summed E-state index contributed by atoms with van der Waals surface area (Å²) in [6, 6.07) is 10.1. The molecular weight excluding hydrogens is 260 g/mol. The molecule has 5 heteroatoms. The molecule has 2 aromatic rings. The SMILES string of the molecule is CCCNc1nc(N(C)c2ccccc2)c(F)cc1F. The fraction of sp³-hybridized carbons (Fsp3) is 0.267. The molecule has 2 rings (SSSR count). The molecule has 0 saturated heterocycles. The topological polar surface area (TPSA) is 28.2 Å². The van der Waals surface area contributed by atoms with E-state index in [2.05, 4.69) is 10.3 Å². The maximum absolute atomic E-state index is 13.9. The number of hydrogen-bond donors (Lipinski definition) is 1. The van der Waals surface area contributed by atoms with Gasteiger partial charge in [0.15, 0.2) is 23.3 Å². The molecule has 0 radical (unpaired) electrons. The Balaban J connectivity index is 2.35. The maximum atomic E-state index is 13.9. The molecule has 0 atom stereocenters. The van der Waals surface area contributed by atoms with Crippen LogP contribution in [0.3, 0.4) is 0 Å². The van der Waals surface area contributed by atoms with Gasteiger partial charge >= 0.3 is 0 Å². The van der Waals surface area contributed by atoms with Crippen molar-refractivity contribution in [2.75, 3.05) is 23.8 Å². The van der Waals surface area contributed by atoms with Gasteiger partial charge in [0, 0.05) is 25.3 Å². The van der Waals surface area contributed by atoms with E-state index in [1.54, 1.807) is 11.9 Å². The molecule has 0 amide bonds. The summed E-state index contributed by atoms with van der Waals surface area (Å²) >= 11 is 0. The summed E-state index contributed by atoms with van der Waals surface area (Å²) in [5.74, 6) is -1.20. The minimum atomic E-state index is -0.684. The van der Waals surface area contributed by atoms with Crippen LogP contribution in [-0.4, -0.2) is 18.6 Å². The van der Waals surface area contributed by atoms with E-state index in [9.17, 15) is 8.78 Å². The van der Waals surface area contributed by atoms with Crippen molar-refractivity contribution in [3.8, 4) is 0 Å².